The molecule has 0 aromatic carbocycles. The van der Waals surface area contributed by atoms with Crippen molar-refractivity contribution in [2.24, 2.45) is 0 Å². The van der Waals surface area contributed by atoms with Gasteiger partial charge in [-0.15, -0.1) is 0 Å². The molecule has 0 aliphatic carbocycles. The van der Waals surface area contributed by atoms with Crippen molar-refractivity contribution in [1.29, 1.82) is 0 Å². The van der Waals surface area contributed by atoms with Gasteiger partial charge >= 0.3 is 17.9 Å². The van der Waals surface area contributed by atoms with Gasteiger partial charge in [-0.25, -0.2) is 0 Å². The molecule has 6 nitrogen and oxygen atoms in total. The number of esters is 3. The van der Waals surface area contributed by atoms with Crippen LogP contribution >= 0.6 is 0 Å². The first-order valence-corrected chi connectivity index (χ1v) is 25.5. The molecule has 0 heterocycles. The third kappa shape index (κ3) is 46.5. The molecule has 0 bridgehead atoms. The van der Waals surface area contributed by atoms with Gasteiger partial charge in [0.25, 0.3) is 0 Å². The Hall–Kier alpha value is -2.37. The van der Waals surface area contributed by atoms with Crippen molar-refractivity contribution in [1.82, 2.24) is 0 Å². The number of rotatable bonds is 46. The monoisotopic (exact) mass is 829 g/mol. The van der Waals surface area contributed by atoms with Gasteiger partial charge in [-0.2, -0.15) is 0 Å². The Bertz CT molecular complexity index is 1000. The van der Waals surface area contributed by atoms with Gasteiger partial charge in [-0.1, -0.05) is 211 Å². The second-order valence-corrected chi connectivity index (χ2v) is 17.1. The third-order valence-corrected chi connectivity index (χ3v) is 11.1. The average Bonchev–Trinajstić information content (AvgIpc) is 3.23. The summed E-state index contributed by atoms with van der Waals surface area (Å²) < 4.78 is 16.8. The number of unbranched alkanes of at least 4 members (excludes halogenated alkanes) is 29. The van der Waals surface area contributed by atoms with Gasteiger partial charge in [-0.3, -0.25) is 14.4 Å². The summed E-state index contributed by atoms with van der Waals surface area (Å²) in [5.41, 5.74) is 0. The molecule has 0 amide bonds. The molecule has 0 fully saturated rings. The molecule has 0 saturated carbocycles. The summed E-state index contributed by atoms with van der Waals surface area (Å²) in [4.78, 5) is 37.9. The lowest BCUT2D eigenvalue weighted by atomic mass is 10.1. The predicted octanol–water partition coefficient (Wildman–Crippen LogP) is 16.5. The summed E-state index contributed by atoms with van der Waals surface area (Å²) in [5.74, 6) is -0.885. The summed E-state index contributed by atoms with van der Waals surface area (Å²) in [6.07, 6.45) is 55.5. The second-order valence-electron chi connectivity index (χ2n) is 17.1. The van der Waals surface area contributed by atoms with Crippen LogP contribution in [0, 0.1) is 0 Å². The number of hydrogen-bond donors (Lipinski definition) is 0. The molecule has 0 N–H and O–H groups in total. The first-order valence-electron chi connectivity index (χ1n) is 25.5. The lowest BCUT2D eigenvalue weighted by Gasteiger charge is -2.18. The van der Waals surface area contributed by atoms with Gasteiger partial charge in [0.05, 0.1) is 0 Å². The molecule has 0 rings (SSSR count). The quantitative estimate of drug-likeness (QED) is 0.0263. The van der Waals surface area contributed by atoms with E-state index in [9.17, 15) is 14.4 Å². The Morgan fingerprint density at radius 2 is 0.661 bits per heavy atom. The van der Waals surface area contributed by atoms with Crippen molar-refractivity contribution in [3.05, 3.63) is 36.5 Å². The molecule has 344 valence electrons. The van der Waals surface area contributed by atoms with Gasteiger partial charge in [0.2, 0.25) is 0 Å². The maximum absolute atomic E-state index is 12.8. The van der Waals surface area contributed by atoms with Crippen molar-refractivity contribution in [2.45, 2.75) is 271 Å². The summed E-state index contributed by atoms with van der Waals surface area (Å²) in [6.45, 7) is 6.53. The maximum atomic E-state index is 12.8. The van der Waals surface area contributed by atoms with Crippen molar-refractivity contribution in [3.8, 4) is 0 Å². The average molecular weight is 829 g/mol. The highest BCUT2D eigenvalue weighted by atomic mass is 16.6. The normalized spacial score (nSPS) is 12.3. The first kappa shape index (κ1) is 56.6. The predicted molar refractivity (Wildman–Crippen MR) is 252 cm³/mol. The third-order valence-electron chi connectivity index (χ3n) is 11.1. The van der Waals surface area contributed by atoms with Gasteiger partial charge in [0.15, 0.2) is 6.10 Å². The maximum Gasteiger partial charge on any atom is 0.306 e. The van der Waals surface area contributed by atoms with E-state index in [0.717, 1.165) is 83.5 Å². The standard InChI is InChI=1S/C53H96O6/c1-4-7-10-13-16-19-22-24-26-27-29-31-34-37-40-43-46-52(55)58-49-50(48-57-51(54)45-42-39-36-33-30-21-18-15-12-9-6-3)59-53(56)47-44-41-38-35-32-28-25-23-20-17-14-11-8-5-2/h8,11,17,20,26-27,50H,4-7,9-10,12-16,18-19,21-25,28-49H2,1-3H3/b11-8-,20-17-,27-26-. The first-order chi connectivity index (χ1) is 29.0. The number of hydrogen-bond acceptors (Lipinski definition) is 6. The molecule has 1 unspecified atom stereocenters. The van der Waals surface area contributed by atoms with E-state index in [-0.39, 0.29) is 31.1 Å². The van der Waals surface area contributed by atoms with Gasteiger partial charge in [-0.05, 0) is 70.6 Å². The van der Waals surface area contributed by atoms with Crippen LogP contribution in [0.25, 0.3) is 0 Å². The van der Waals surface area contributed by atoms with E-state index in [1.807, 2.05) is 0 Å². The van der Waals surface area contributed by atoms with Gasteiger partial charge < -0.3 is 14.2 Å². The lowest BCUT2D eigenvalue weighted by molar-refractivity contribution is -0.167. The van der Waals surface area contributed by atoms with Crippen LogP contribution < -0.4 is 0 Å². The Balaban J connectivity index is 4.36. The number of allylic oxidation sites excluding steroid dienone is 6. The van der Waals surface area contributed by atoms with E-state index in [1.54, 1.807) is 0 Å². The summed E-state index contributed by atoms with van der Waals surface area (Å²) in [6, 6.07) is 0. The zero-order chi connectivity index (χ0) is 43.0. The molecular formula is C53H96O6. The van der Waals surface area contributed by atoms with E-state index in [1.165, 1.54) is 141 Å². The van der Waals surface area contributed by atoms with Crippen molar-refractivity contribution in [2.75, 3.05) is 13.2 Å². The molecule has 59 heavy (non-hydrogen) atoms. The Morgan fingerprint density at radius 3 is 1.03 bits per heavy atom. The topological polar surface area (TPSA) is 78.9 Å². The molecule has 0 radical (unpaired) electrons. The van der Waals surface area contributed by atoms with E-state index >= 15 is 0 Å². The molecule has 0 saturated heterocycles. The van der Waals surface area contributed by atoms with E-state index in [2.05, 4.69) is 57.2 Å². The number of carbonyl (C=O) groups is 3. The second kappa shape index (κ2) is 48.3. The molecule has 0 spiro atoms. The zero-order valence-corrected chi connectivity index (χ0v) is 39.3. The fourth-order valence-electron chi connectivity index (χ4n) is 7.30. The van der Waals surface area contributed by atoms with Crippen LogP contribution in [-0.4, -0.2) is 37.2 Å². The highest BCUT2D eigenvalue weighted by Crippen LogP contribution is 2.15. The molecule has 0 aromatic rings. The fourth-order valence-corrected chi connectivity index (χ4v) is 7.30. The summed E-state index contributed by atoms with van der Waals surface area (Å²) in [7, 11) is 0. The number of carbonyl (C=O) groups excluding carboxylic acids is 3. The molecule has 1 atom stereocenters. The van der Waals surface area contributed by atoms with Crippen molar-refractivity contribution in [3.63, 3.8) is 0 Å². The van der Waals surface area contributed by atoms with Crippen molar-refractivity contribution >= 4 is 17.9 Å². The molecule has 0 aliphatic heterocycles. The fraction of sp³-hybridized carbons (Fsp3) is 0.830. The summed E-state index contributed by atoms with van der Waals surface area (Å²) in [5, 5.41) is 0. The van der Waals surface area contributed by atoms with Crippen LogP contribution in [0.15, 0.2) is 36.5 Å². The highest BCUT2D eigenvalue weighted by molar-refractivity contribution is 5.71. The molecular weight excluding hydrogens is 733 g/mol. The van der Waals surface area contributed by atoms with Crippen LogP contribution in [0.2, 0.25) is 0 Å². The van der Waals surface area contributed by atoms with Crippen molar-refractivity contribution < 1.29 is 28.6 Å². The Labute approximate surface area is 365 Å². The van der Waals surface area contributed by atoms with E-state index in [0.29, 0.717) is 19.3 Å². The molecule has 6 heteroatoms. The molecule has 0 aromatic heterocycles. The largest absolute Gasteiger partial charge is 0.462 e. The minimum atomic E-state index is -0.775. The van der Waals surface area contributed by atoms with E-state index in [4.69, 9.17) is 14.2 Å². The highest BCUT2D eigenvalue weighted by Gasteiger charge is 2.19. The molecule has 0 aliphatic rings. The van der Waals surface area contributed by atoms with Gasteiger partial charge in [0, 0.05) is 19.3 Å². The Morgan fingerprint density at radius 1 is 0.356 bits per heavy atom. The lowest BCUT2D eigenvalue weighted by Crippen LogP contribution is -2.30. The SMILES string of the molecule is CC/C=C\C/C=C\CCCCCCCCCC(=O)OC(COC(=O)CCCCCCC/C=C\CCCCCCCCC)COC(=O)CCCCCCCCCCCCC. The minimum Gasteiger partial charge on any atom is -0.462 e. The van der Waals surface area contributed by atoms with Crippen LogP contribution in [-0.2, 0) is 28.6 Å². The Kier molecular flexibility index (Phi) is 46.4. The smallest absolute Gasteiger partial charge is 0.306 e. The van der Waals surface area contributed by atoms with Crippen LogP contribution in [0.4, 0.5) is 0 Å². The van der Waals surface area contributed by atoms with Gasteiger partial charge in [0.1, 0.15) is 13.2 Å². The zero-order valence-electron chi connectivity index (χ0n) is 39.3. The van der Waals surface area contributed by atoms with Crippen LogP contribution in [0.1, 0.15) is 265 Å². The van der Waals surface area contributed by atoms with Crippen LogP contribution in [0.5, 0.6) is 0 Å². The summed E-state index contributed by atoms with van der Waals surface area (Å²) >= 11 is 0. The number of ether oxygens (including phenoxy) is 3. The van der Waals surface area contributed by atoms with Crippen LogP contribution in [0.3, 0.4) is 0 Å². The minimum absolute atomic E-state index is 0.0754. The van der Waals surface area contributed by atoms with E-state index < -0.39 is 6.10 Å².